The number of carbonyl (C=O) groups is 1. The summed E-state index contributed by atoms with van der Waals surface area (Å²) in [5.41, 5.74) is 2.91. The van der Waals surface area contributed by atoms with Gasteiger partial charge in [-0.2, -0.15) is 4.72 Å². The minimum atomic E-state index is -3.81. The van der Waals surface area contributed by atoms with Crippen LogP contribution in [0.3, 0.4) is 0 Å². The van der Waals surface area contributed by atoms with Crippen molar-refractivity contribution in [2.75, 3.05) is 5.32 Å². The van der Waals surface area contributed by atoms with Gasteiger partial charge < -0.3 is 5.32 Å². The highest BCUT2D eigenvalue weighted by Crippen LogP contribution is 2.40. The average Bonchev–Trinajstić information content (AvgIpc) is 3.34. The first-order valence-electron chi connectivity index (χ1n) is 9.03. The highest BCUT2D eigenvalue weighted by Gasteiger charge is 2.30. The van der Waals surface area contributed by atoms with Crippen molar-refractivity contribution in [3.8, 4) is 0 Å². The monoisotopic (exact) mass is 407 g/mol. The van der Waals surface area contributed by atoms with Crippen LogP contribution in [0.15, 0.2) is 28.5 Å². The average molecular weight is 408 g/mol. The molecule has 1 atom stereocenters. The standard InChI is InChI=1S/C19H25N3O3S2/c1-11(2)17(18(23)21-19-20-16(10-26-19)14-6-7-14)22-27(24,25)15-8-5-12(3)13(4)9-15/h5,8-11,14,17,22H,6-7H2,1-4H3,(H,20,21,23). The number of carbonyl (C=O) groups excluding carboxylic acids is 1. The van der Waals surface area contributed by atoms with Gasteiger partial charge in [-0.05, 0) is 55.9 Å². The molecule has 27 heavy (non-hydrogen) atoms. The van der Waals surface area contributed by atoms with E-state index in [4.69, 9.17) is 0 Å². The van der Waals surface area contributed by atoms with Gasteiger partial charge in [-0.3, -0.25) is 4.79 Å². The molecular formula is C19H25N3O3S2. The fraction of sp³-hybridized carbons (Fsp3) is 0.474. The summed E-state index contributed by atoms with van der Waals surface area (Å²) >= 11 is 1.37. The number of nitrogens with zero attached hydrogens (tertiary/aromatic N) is 1. The molecule has 1 fully saturated rings. The van der Waals surface area contributed by atoms with E-state index >= 15 is 0 Å². The molecule has 8 heteroatoms. The van der Waals surface area contributed by atoms with Gasteiger partial charge in [-0.25, -0.2) is 13.4 Å². The summed E-state index contributed by atoms with van der Waals surface area (Å²) in [6.07, 6.45) is 2.28. The van der Waals surface area contributed by atoms with Crippen LogP contribution in [0, 0.1) is 19.8 Å². The van der Waals surface area contributed by atoms with Crippen LogP contribution in [0.1, 0.15) is 49.4 Å². The summed E-state index contributed by atoms with van der Waals surface area (Å²) < 4.78 is 28.1. The molecule has 1 aromatic heterocycles. The molecule has 1 amide bonds. The first-order valence-corrected chi connectivity index (χ1v) is 11.4. The predicted molar refractivity (Wildman–Crippen MR) is 108 cm³/mol. The number of nitrogens with one attached hydrogen (secondary N) is 2. The minimum Gasteiger partial charge on any atom is -0.301 e. The van der Waals surface area contributed by atoms with Crippen LogP contribution in [-0.4, -0.2) is 25.4 Å². The molecule has 0 spiro atoms. The predicted octanol–water partition coefficient (Wildman–Crippen LogP) is 3.58. The topological polar surface area (TPSA) is 88.2 Å². The van der Waals surface area contributed by atoms with Gasteiger partial charge in [0, 0.05) is 11.3 Å². The van der Waals surface area contributed by atoms with Crippen LogP contribution in [0.2, 0.25) is 0 Å². The number of aromatic nitrogens is 1. The molecule has 0 saturated heterocycles. The van der Waals surface area contributed by atoms with Gasteiger partial charge in [0.25, 0.3) is 0 Å². The largest absolute Gasteiger partial charge is 0.301 e. The van der Waals surface area contributed by atoms with Crippen molar-refractivity contribution in [1.82, 2.24) is 9.71 Å². The van der Waals surface area contributed by atoms with Gasteiger partial charge in [0.1, 0.15) is 6.04 Å². The van der Waals surface area contributed by atoms with Crippen molar-refractivity contribution in [3.05, 3.63) is 40.4 Å². The molecule has 1 aliphatic rings. The Bertz CT molecular complexity index is 947. The second-order valence-corrected chi connectivity index (χ2v) is 10.0. The lowest BCUT2D eigenvalue weighted by atomic mass is 10.1. The highest BCUT2D eigenvalue weighted by atomic mass is 32.2. The molecule has 146 valence electrons. The third kappa shape index (κ3) is 4.75. The van der Waals surface area contributed by atoms with E-state index in [1.165, 1.54) is 11.3 Å². The molecule has 0 radical (unpaired) electrons. The Morgan fingerprint density at radius 2 is 1.93 bits per heavy atom. The number of benzene rings is 1. The van der Waals surface area contributed by atoms with Crippen LogP contribution in [0.4, 0.5) is 5.13 Å². The third-order valence-electron chi connectivity index (χ3n) is 4.77. The second-order valence-electron chi connectivity index (χ2n) is 7.43. The molecule has 1 saturated carbocycles. The number of thiazole rings is 1. The zero-order valence-electron chi connectivity index (χ0n) is 15.9. The summed E-state index contributed by atoms with van der Waals surface area (Å²) in [6.45, 7) is 7.41. The van der Waals surface area contributed by atoms with Crippen molar-refractivity contribution in [1.29, 1.82) is 0 Å². The van der Waals surface area contributed by atoms with E-state index in [0.717, 1.165) is 29.7 Å². The molecule has 2 aromatic rings. The molecular weight excluding hydrogens is 382 g/mol. The molecule has 0 bridgehead atoms. The summed E-state index contributed by atoms with van der Waals surface area (Å²) in [5.74, 6) is -0.0978. The van der Waals surface area contributed by atoms with E-state index in [-0.39, 0.29) is 10.8 Å². The second kappa shape index (κ2) is 7.69. The fourth-order valence-electron chi connectivity index (χ4n) is 2.70. The molecule has 1 heterocycles. The molecule has 3 rings (SSSR count). The zero-order chi connectivity index (χ0) is 19.8. The van der Waals surface area contributed by atoms with E-state index in [9.17, 15) is 13.2 Å². The van der Waals surface area contributed by atoms with Crippen molar-refractivity contribution in [3.63, 3.8) is 0 Å². The van der Waals surface area contributed by atoms with Gasteiger partial charge >= 0.3 is 0 Å². The van der Waals surface area contributed by atoms with E-state index < -0.39 is 22.0 Å². The van der Waals surface area contributed by atoms with Crippen molar-refractivity contribution < 1.29 is 13.2 Å². The van der Waals surface area contributed by atoms with Crippen LogP contribution in [-0.2, 0) is 14.8 Å². The maximum Gasteiger partial charge on any atom is 0.244 e. The number of amides is 1. The van der Waals surface area contributed by atoms with E-state index in [0.29, 0.717) is 11.0 Å². The Morgan fingerprint density at radius 1 is 1.22 bits per heavy atom. The Balaban J connectivity index is 1.75. The Labute approximate surface area is 164 Å². The third-order valence-corrected chi connectivity index (χ3v) is 6.98. The molecule has 1 aliphatic carbocycles. The Kier molecular flexibility index (Phi) is 5.69. The fourth-order valence-corrected chi connectivity index (χ4v) is 4.93. The smallest absolute Gasteiger partial charge is 0.244 e. The van der Waals surface area contributed by atoms with Gasteiger partial charge in [-0.15, -0.1) is 11.3 Å². The lowest BCUT2D eigenvalue weighted by molar-refractivity contribution is -0.118. The maximum atomic E-state index is 12.8. The van der Waals surface area contributed by atoms with Crippen molar-refractivity contribution in [2.24, 2.45) is 5.92 Å². The van der Waals surface area contributed by atoms with E-state index in [1.54, 1.807) is 18.2 Å². The molecule has 1 unspecified atom stereocenters. The van der Waals surface area contributed by atoms with Crippen LogP contribution < -0.4 is 10.0 Å². The van der Waals surface area contributed by atoms with Gasteiger partial charge in [-0.1, -0.05) is 19.9 Å². The quantitative estimate of drug-likeness (QED) is 0.734. The van der Waals surface area contributed by atoms with Crippen molar-refractivity contribution in [2.45, 2.75) is 57.4 Å². The molecule has 0 aliphatic heterocycles. The number of anilines is 1. The van der Waals surface area contributed by atoms with Crippen LogP contribution >= 0.6 is 11.3 Å². The lowest BCUT2D eigenvalue weighted by Crippen LogP contribution is -2.47. The van der Waals surface area contributed by atoms with Gasteiger partial charge in [0.2, 0.25) is 15.9 Å². The molecule has 2 N–H and O–H groups in total. The first kappa shape index (κ1) is 20.0. The SMILES string of the molecule is Cc1ccc(S(=O)(=O)NC(C(=O)Nc2nc(C3CC3)cs2)C(C)C)cc1C. The Hall–Kier alpha value is -1.77. The summed E-state index contributed by atoms with van der Waals surface area (Å²) in [5, 5.41) is 5.23. The normalized spacial score (nSPS) is 15.7. The molecule has 1 aromatic carbocycles. The summed E-state index contributed by atoms with van der Waals surface area (Å²) in [4.78, 5) is 17.3. The van der Waals surface area contributed by atoms with E-state index in [1.807, 2.05) is 33.1 Å². The number of hydrogen-bond donors (Lipinski definition) is 2. The van der Waals surface area contributed by atoms with Crippen molar-refractivity contribution >= 4 is 32.4 Å². The maximum absolute atomic E-state index is 12.8. The number of hydrogen-bond acceptors (Lipinski definition) is 5. The minimum absolute atomic E-state index is 0.161. The zero-order valence-corrected chi connectivity index (χ0v) is 17.6. The summed E-state index contributed by atoms with van der Waals surface area (Å²) in [7, 11) is -3.81. The Morgan fingerprint density at radius 3 is 2.52 bits per heavy atom. The summed E-state index contributed by atoms with van der Waals surface area (Å²) in [6, 6.07) is 4.06. The van der Waals surface area contributed by atoms with Gasteiger partial charge in [0.05, 0.1) is 10.6 Å². The van der Waals surface area contributed by atoms with E-state index in [2.05, 4.69) is 15.0 Å². The van der Waals surface area contributed by atoms with Gasteiger partial charge in [0.15, 0.2) is 5.13 Å². The van der Waals surface area contributed by atoms with Crippen LogP contribution in [0.5, 0.6) is 0 Å². The lowest BCUT2D eigenvalue weighted by Gasteiger charge is -2.21. The number of rotatable bonds is 7. The first-order chi connectivity index (χ1) is 12.7. The number of aryl methyl sites for hydroxylation is 2. The highest BCUT2D eigenvalue weighted by molar-refractivity contribution is 7.89. The van der Waals surface area contributed by atoms with Crippen LogP contribution in [0.25, 0.3) is 0 Å². The number of sulfonamides is 1. The molecule has 6 nitrogen and oxygen atoms in total.